The molecule has 4 aromatic rings. The molecular weight excluding hydrogens is 489 g/mol. The Morgan fingerprint density at radius 1 is 1.14 bits per heavy atom. The van der Waals surface area contributed by atoms with Gasteiger partial charge < -0.3 is 4.74 Å². The highest BCUT2D eigenvalue weighted by Crippen LogP contribution is 2.25. The largest absolute Gasteiger partial charge is 0.449 e. The third-order valence-electron chi connectivity index (χ3n) is 5.13. The second-order valence-electron chi connectivity index (χ2n) is 7.45. The van der Waals surface area contributed by atoms with Crippen LogP contribution in [0.1, 0.15) is 29.5 Å². The maximum Gasteiger partial charge on any atom is 0.338 e. The zero-order valence-corrected chi connectivity index (χ0v) is 20.8. The van der Waals surface area contributed by atoms with Gasteiger partial charge in [-0.1, -0.05) is 18.7 Å². The van der Waals surface area contributed by atoms with Crippen LogP contribution in [-0.4, -0.2) is 44.0 Å². The quantitative estimate of drug-likeness (QED) is 0.258. The minimum absolute atomic E-state index is 0.294. The minimum Gasteiger partial charge on any atom is -0.449 e. The van der Waals surface area contributed by atoms with Crippen LogP contribution in [-0.2, 0) is 9.53 Å². The number of carbonyl (C=O) groups excluding carboxylic acids is 2. The Morgan fingerprint density at radius 2 is 1.86 bits per heavy atom. The van der Waals surface area contributed by atoms with Crippen LogP contribution >= 0.6 is 23.1 Å². The molecule has 0 aliphatic heterocycles. The van der Waals surface area contributed by atoms with Crippen LogP contribution < -0.4 is 5.32 Å². The average Bonchev–Trinajstić information content (AvgIpc) is 3.49. The van der Waals surface area contributed by atoms with E-state index in [1.54, 1.807) is 48.7 Å². The summed E-state index contributed by atoms with van der Waals surface area (Å²) in [4.78, 5) is 29.8. The Morgan fingerprint density at radius 3 is 2.51 bits per heavy atom. The fourth-order valence-corrected chi connectivity index (χ4v) is 4.57. The van der Waals surface area contributed by atoms with E-state index >= 15 is 0 Å². The monoisotopic (exact) mass is 511 g/mol. The number of nitrogens with zero attached hydrogens (tertiary/aromatic N) is 4. The highest BCUT2D eigenvalue weighted by atomic mass is 32.2. The van der Waals surface area contributed by atoms with Gasteiger partial charge in [0.05, 0.1) is 11.3 Å². The van der Waals surface area contributed by atoms with Crippen molar-refractivity contribution in [2.75, 3.05) is 11.6 Å². The number of halogens is 1. The number of benzene rings is 2. The summed E-state index contributed by atoms with van der Waals surface area (Å²) in [6, 6.07) is 12.8. The SMILES string of the molecule is CCC(OC(=O)c1ccc(-n2c(C)nnc2SC)cc1)C(=O)Nc1nc(-c2ccc(F)cc2)cs1. The van der Waals surface area contributed by atoms with Gasteiger partial charge in [-0.3, -0.25) is 14.7 Å². The minimum atomic E-state index is -0.983. The molecule has 2 heterocycles. The van der Waals surface area contributed by atoms with Crippen molar-refractivity contribution >= 4 is 40.1 Å². The first-order valence-corrected chi connectivity index (χ1v) is 12.8. The molecule has 1 unspecified atom stereocenters. The second kappa shape index (κ2) is 10.8. The summed E-state index contributed by atoms with van der Waals surface area (Å²) in [6.07, 6.45) is 1.23. The maximum atomic E-state index is 13.1. The van der Waals surface area contributed by atoms with Crippen molar-refractivity contribution in [1.29, 1.82) is 0 Å². The molecular formula is C24H22FN5O3S2. The number of esters is 1. The molecule has 8 nitrogen and oxygen atoms in total. The van der Waals surface area contributed by atoms with E-state index in [2.05, 4.69) is 20.5 Å². The van der Waals surface area contributed by atoms with E-state index in [0.717, 1.165) is 22.2 Å². The van der Waals surface area contributed by atoms with Crippen LogP contribution in [0.4, 0.5) is 9.52 Å². The van der Waals surface area contributed by atoms with Gasteiger partial charge in [0.2, 0.25) is 0 Å². The van der Waals surface area contributed by atoms with Crippen molar-refractivity contribution in [2.24, 2.45) is 0 Å². The lowest BCUT2D eigenvalue weighted by Crippen LogP contribution is -2.32. The Labute approximate surface area is 209 Å². The fourth-order valence-electron chi connectivity index (χ4n) is 3.31. The molecule has 1 amide bonds. The molecule has 0 fully saturated rings. The van der Waals surface area contributed by atoms with Gasteiger partial charge in [0.15, 0.2) is 16.4 Å². The Hall–Kier alpha value is -3.57. The van der Waals surface area contributed by atoms with Crippen LogP contribution in [0.25, 0.3) is 16.9 Å². The topological polar surface area (TPSA) is 99.0 Å². The highest BCUT2D eigenvalue weighted by Gasteiger charge is 2.23. The Balaban J connectivity index is 1.40. The summed E-state index contributed by atoms with van der Waals surface area (Å²) in [5.41, 5.74) is 2.49. The van der Waals surface area contributed by atoms with Crippen molar-refractivity contribution in [2.45, 2.75) is 31.5 Å². The number of hydrogen-bond donors (Lipinski definition) is 1. The summed E-state index contributed by atoms with van der Waals surface area (Å²) < 4.78 is 20.5. The standard InChI is InChI=1S/C24H22FN5O3S2/c1-4-20(21(31)27-23-26-19(13-35-23)15-5-9-17(25)10-6-15)33-22(32)16-7-11-18(12-8-16)30-14(2)28-29-24(30)34-3/h5-13,20H,4H2,1-3H3,(H,26,27,31). The van der Waals surface area contributed by atoms with Crippen molar-refractivity contribution in [3.8, 4) is 16.9 Å². The number of carbonyl (C=O) groups is 2. The van der Waals surface area contributed by atoms with Gasteiger partial charge in [-0.2, -0.15) is 0 Å². The van der Waals surface area contributed by atoms with Gasteiger partial charge in [0.1, 0.15) is 11.6 Å². The molecule has 11 heteroatoms. The first-order valence-electron chi connectivity index (χ1n) is 10.7. The molecule has 0 saturated heterocycles. The Kier molecular flexibility index (Phi) is 7.57. The van der Waals surface area contributed by atoms with Crippen LogP contribution in [0.5, 0.6) is 0 Å². The molecule has 0 spiro atoms. The predicted molar refractivity (Wildman–Crippen MR) is 134 cm³/mol. The lowest BCUT2D eigenvalue weighted by molar-refractivity contribution is -0.124. The lowest BCUT2D eigenvalue weighted by atomic mass is 10.2. The van der Waals surface area contributed by atoms with Gasteiger partial charge in [-0.25, -0.2) is 14.2 Å². The van der Waals surface area contributed by atoms with Gasteiger partial charge in [0, 0.05) is 16.6 Å². The van der Waals surface area contributed by atoms with Crippen molar-refractivity contribution < 1.29 is 18.7 Å². The van der Waals surface area contributed by atoms with Crippen molar-refractivity contribution in [1.82, 2.24) is 19.7 Å². The summed E-state index contributed by atoms with van der Waals surface area (Å²) in [7, 11) is 0. The van der Waals surface area contributed by atoms with E-state index in [1.165, 1.54) is 35.2 Å². The number of amides is 1. The number of aromatic nitrogens is 4. The van der Waals surface area contributed by atoms with Crippen molar-refractivity contribution in [3.63, 3.8) is 0 Å². The number of anilines is 1. The second-order valence-corrected chi connectivity index (χ2v) is 9.08. The molecule has 0 aliphatic carbocycles. The lowest BCUT2D eigenvalue weighted by Gasteiger charge is -2.15. The van der Waals surface area contributed by atoms with Crippen molar-refractivity contribution in [3.05, 3.63) is 71.1 Å². The van der Waals surface area contributed by atoms with E-state index in [9.17, 15) is 14.0 Å². The van der Waals surface area contributed by atoms with E-state index in [0.29, 0.717) is 22.8 Å². The smallest absolute Gasteiger partial charge is 0.338 e. The summed E-state index contributed by atoms with van der Waals surface area (Å²) in [5, 5.41) is 13.8. The van der Waals surface area contributed by atoms with E-state index in [1.807, 2.05) is 17.7 Å². The molecule has 35 heavy (non-hydrogen) atoms. The molecule has 2 aromatic carbocycles. The Bertz CT molecular complexity index is 1340. The number of hydrogen-bond acceptors (Lipinski definition) is 8. The molecule has 1 N–H and O–H groups in total. The molecule has 0 radical (unpaired) electrons. The third kappa shape index (κ3) is 5.57. The number of aryl methyl sites for hydroxylation is 1. The van der Waals surface area contributed by atoms with Gasteiger partial charge in [-0.05, 0) is 68.1 Å². The molecule has 1 atom stereocenters. The van der Waals surface area contributed by atoms with E-state index in [4.69, 9.17) is 4.74 Å². The molecule has 2 aromatic heterocycles. The number of nitrogens with one attached hydrogen (secondary N) is 1. The molecule has 4 rings (SSSR count). The summed E-state index contributed by atoms with van der Waals surface area (Å²) in [6.45, 7) is 3.61. The van der Waals surface area contributed by atoms with E-state index < -0.39 is 18.0 Å². The molecule has 180 valence electrons. The van der Waals surface area contributed by atoms with E-state index in [-0.39, 0.29) is 5.82 Å². The molecule has 0 aliphatic rings. The molecule has 0 bridgehead atoms. The maximum absolute atomic E-state index is 13.1. The number of thiazole rings is 1. The predicted octanol–water partition coefficient (Wildman–Crippen LogP) is 5.13. The fraction of sp³-hybridized carbons (Fsp3) is 0.208. The first kappa shape index (κ1) is 24.6. The van der Waals surface area contributed by atoms with Crippen LogP contribution in [0.3, 0.4) is 0 Å². The number of ether oxygens (including phenoxy) is 1. The normalized spacial score (nSPS) is 11.8. The van der Waals surface area contributed by atoms with Gasteiger partial charge in [-0.15, -0.1) is 21.5 Å². The zero-order valence-electron chi connectivity index (χ0n) is 19.2. The average molecular weight is 512 g/mol. The van der Waals surface area contributed by atoms with Crippen LogP contribution in [0.15, 0.2) is 59.1 Å². The zero-order chi connectivity index (χ0) is 24.9. The summed E-state index contributed by atoms with van der Waals surface area (Å²) in [5.74, 6) is -0.673. The highest BCUT2D eigenvalue weighted by molar-refractivity contribution is 7.98. The molecule has 0 saturated carbocycles. The third-order valence-corrected chi connectivity index (χ3v) is 6.51. The van der Waals surface area contributed by atoms with Crippen LogP contribution in [0.2, 0.25) is 0 Å². The number of rotatable bonds is 8. The summed E-state index contributed by atoms with van der Waals surface area (Å²) >= 11 is 2.70. The number of thioether (sulfide) groups is 1. The van der Waals surface area contributed by atoms with Gasteiger partial charge in [0.25, 0.3) is 5.91 Å². The van der Waals surface area contributed by atoms with Crippen LogP contribution in [0, 0.1) is 12.7 Å². The van der Waals surface area contributed by atoms with Gasteiger partial charge >= 0.3 is 5.97 Å². The first-order chi connectivity index (χ1) is 16.9.